The van der Waals surface area contributed by atoms with Gasteiger partial charge in [-0.1, -0.05) is 60.7 Å². The molecule has 0 spiro atoms. The largest absolute Gasteiger partial charge is 0.378 e. The van der Waals surface area contributed by atoms with Gasteiger partial charge in [0.25, 0.3) is 11.4 Å². The molecule has 0 atom stereocenters. The number of benzene rings is 6. The predicted octanol–water partition coefficient (Wildman–Crippen LogP) is 7.01. The van der Waals surface area contributed by atoms with Crippen LogP contribution in [0.15, 0.2) is 131 Å². The van der Waals surface area contributed by atoms with E-state index in [2.05, 4.69) is 0 Å². The van der Waals surface area contributed by atoms with Crippen molar-refractivity contribution < 1.29 is 35.0 Å². The van der Waals surface area contributed by atoms with Gasteiger partial charge in [0.15, 0.2) is 11.5 Å². The average Bonchev–Trinajstić information content (AvgIpc) is 3.05. The molecule has 0 bridgehead atoms. The summed E-state index contributed by atoms with van der Waals surface area (Å²) in [6.07, 6.45) is 0. The number of nitro groups is 2. The van der Waals surface area contributed by atoms with E-state index in [-0.39, 0.29) is 43.8 Å². The van der Waals surface area contributed by atoms with Crippen LogP contribution in [0.3, 0.4) is 0 Å². The summed E-state index contributed by atoms with van der Waals surface area (Å²) in [5.41, 5.74) is -0.210. The van der Waals surface area contributed by atoms with Crippen molar-refractivity contribution in [3.05, 3.63) is 142 Å². The molecule has 0 heterocycles. The van der Waals surface area contributed by atoms with E-state index >= 15 is 0 Å². The highest BCUT2D eigenvalue weighted by molar-refractivity contribution is 7.87. The Hall–Kier alpha value is -5.86. The number of hydrogen-bond acceptors (Lipinski definition) is 10. The highest BCUT2D eigenvalue weighted by Gasteiger charge is 2.27. The van der Waals surface area contributed by atoms with Crippen molar-refractivity contribution in [3.8, 4) is 22.6 Å². The number of hydrogen-bond donors (Lipinski definition) is 0. The molecule has 0 aliphatic rings. The minimum atomic E-state index is -4.55. The van der Waals surface area contributed by atoms with Crippen LogP contribution in [-0.2, 0) is 20.2 Å². The molecule has 0 amide bonds. The molecule has 0 unspecified atom stereocenters. The maximum Gasteiger partial charge on any atom is 0.339 e. The third-order valence-electron chi connectivity index (χ3n) is 7.10. The molecule has 0 radical (unpaired) electrons. The van der Waals surface area contributed by atoms with Gasteiger partial charge < -0.3 is 8.37 Å². The monoisotopic (exact) mass is 656 g/mol. The van der Waals surface area contributed by atoms with Crippen LogP contribution in [0.25, 0.3) is 32.7 Å². The highest BCUT2D eigenvalue weighted by atomic mass is 32.2. The molecule has 6 rings (SSSR count). The molecule has 14 heteroatoms. The first kappa shape index (κ1) is 30.2. The summed E-state index contributed by atoms with van der Waals surface area (Å²) < 4.78 is 65.2. The molecule has 0 aliphatic carbocycles. The molecule has 46 heavy (non-hydrogen) atoms. The summed E-state index contributed by atoms with van der Waals surface area (Å²) >= 11 is 0. The van der Waals surface area contributed by atoms with Crippen LogP contribution in [-0.4, -0.2) is 26.7 Å². The van der Waals surface area contributed by atoms with Crippen LogP contribution in [0, 0.1) is 20.2 Å². The van der Waals surface area contributed by atoms with E-state index in [1.54, 1.807) is 60.7 Å². The Morgan fingerprint density at radius 3 is 1.15 bits per heavy atom. The molecule has 0 saturated heterocycles. The third-order valence-corrected chi connectivity index (χ3v) is 9.60. The van der Waals surface area contributed by atoms with E-state index in [1.807, 2.05) is 0 Å². The molecule has 0 saturated carbocycles. The van der Waals surface area contributed by atoms with E-state index in [4.69, 9.17) is 8.37 Å². The van der Waals surface area contributed by atoms with Gasteiger partial charge in [-0.2, -0.15) is 16.8 Å². The topological polar surface area (TPSA) is 173 Å². The number of non-ortho nitro benzene ring substituents is 2. The lowest BCUT2D eigenvalue weighted by atomic mass is 9.92. The molecule has 0 fully saturated rings. The number of nitrogens with zero attached hydrogens (tertiary/aromatic N) is 2. The van der Waals surface area contributed by atoms with Crippen LogP contribution >= 0.6 is 0 Å². The zero-order valence-electron chi connectivity index (χ0n) is 23.3. The minimum Gasteiger partial charge on any atom is -0.378 e. The van der Waals surface area contributed by atoms with Crippen LogP contribution in [0.2, 0.25) is 0 Å². The summed E-state index contributed by atoms with van der Waals surface area (Å²) in [5.74, 6) is -0.322. The molecule has 0 N–H and O–H groups in total. The van der Waals surface area contributed by atoms with Gasteiger partial charge in [-0.25, -0.2) is 0 Å². The van der Waals surface area contributed by atoms with Crippen molar-refractivity contribution in [1.82, 2.24) is 0 Å². The van der Waals surface area contributed by atoms with E-state index < -0.39 is 30.1 Å². The van der Waals surface area contributed by atoms with Gasteiger partial charge in [0.1, 0.15) is 9.79 Å². The second-order valence-electron chi connectivity index (χ2n) is 9.90. The van der Waals surface area contributed by atoms with Gasteiger partial charge in [0.05, 0.1) is 9.85 Å². The van der Waals surface area contributed by atoms with Gasteiger partial charge >= 0.3 is 20.2 Å². The fourth-order valence-corrected chi connectivity index (χ4v) is 6.84. The molecule has 12 nitrogen and oxygen atoms in total. The standard InChI is InChI=1S/C32H20N2O10S2/c35-33(36)23-11-15-25(16-12-23)45(39,40)43-29-19-9-21-5-1-3-7-27(21)31(29)32-28-8-4-2-6-22(28)10-20-30(32)44-46(41,42)26-17-13-24(14-18-26)34(37)38/h1-20H. The molecule has 6 aromatic carbocycles. The molecule has 230 valence electrons. The summed E-state index contributed by atoms with van der Waals surface area (Å²) in [4.78, 5) is 20.2. The Morgan fingerprint density at radius 2 is 0.804 bits per heavy atom. The smallest absolute Gasteiger partial charge is 0.339 e. The van der Waals surface area contributed by atoms with Crippen molar-refractivity contribution in [1.29, 1.82) is 0 Å². The van der Waals surface area contributed by atoms with Crippen molar-refractivity contribution in [3.63, 3.8) is 0 Å². The lowest BCUT2D eigenvalue weighted by molar-refractivity contribution is -0.385. The van der Waals surface area contributed by atoms with Crippen LogP contribution in [0.4, 0.5) is 11.4 Å². The zero-order valence-corrected chi connectivity index (χ0v) is 25.0. The fraction of sp³-hybridized carbons (Fsp3) is 0. The van der Waals surface area contributed by atoms with Crippen molar-refractivity contribution in [2.75, 3.05) is 0 Å². The number of nitro benzene ring substituents is 2. The molecular weight excluding hydrogens is 636 g/mol. The van der Waals surface area contributed by atoms with Crippen molar-refractivity contribution >= 4 is 53.2 Å². The summed E-state index contributed by atoms with van der Waals surface area (Å²) in [5, 5.41) is 24.6. The van der Waals surface area contributed by atoms with Crippen LogP contribution in [0.5, 0.6) is 11.5 Å². The summed E-state index contributed by atoms with van der Waals surface area (Å²) in [6.45, 7) is 0. The Morgan fingerprint density at radius 1 is 0.457 bits per heavy atom. The lowest BCUT2D eigenvalue weighted by Crippen LogP contribution is -2.12. The SMILES string of the molecule is O=[N+]([O-])c1ccc(S(=O)(=O)Oc2ccc3ccccc3c2-c2c(OS(=O)(=O)c3ccc([N+](=O)[O-])cc3)ccc3ccccc23)cc1. The van der Waals surface area contributed by atoms with Gasteiger partial charge in [-0.15, -0.1) is 0 Å². The molecule has 0 aromatic heterocycles. The quantitative estimate of drug-likeness (QED) is 0.0894. The highest BCUT2D eigenvalue weighted by Crippen LogP contribution is 2.46. The predicted molar refractivity (Wildman–Crippen MR) is 169 cm³/mol. The van der Waals surface area contributed by atoms with Crippen LogP contribution < -0.4 is 8.37 Å². The normalized spacial score (nSPS) is 11.7. The van der Waals surface area contributed by atoms with E-state index in [1.165, 1.54) is 12.1 Å². The second-order valence-corrected chi connectivity index (χ2v) is 13.0. The van der Waals surface area contributed by atoms with Crippen LogP contribution in [0.1, 0.15) is 0 Å². The minimum absolute atomic E-state index is 0.161. The first-order chi connectivity index (χ1) is 21.9. The Kier molecular flexibility index (Phi) is 7.59. The second kappa shape index (κ2) is 11.6. The maximum atomic E-state index is 13.5. The van der Waals surface area contributed by atoms with Gasteiger partial charge in [0, 0.05) is 35.4 Å². The first-order valence-electron chi connectivity index (χ1n) is 13.4. The average molecular weight is 657 g/mol. The lowest BCUT2D eigenvalue weighted by Gasteiger charge is -2.19. The Balaban J connectivity index is 1.56. The maximum absolute atomic E-state index is 13.5. The zero-order chi connectivity index (χ0) is 32.6. The Bertz CT molecular complexity index is 2220. The molecular formula is C32H20N2O10S2. The van der Waals surface area contributed by atoms with Gasteiger partial charge in [0.2, 0.25) is 0 Å². The number of rotatable bonds is 9. The first-order valence-corrected chi connectivity index (χ1v) is 16.2. The van der Waals surface area contributed by atoms with Gasteiger partial charge in [-0.3, -0.25) is 20.2 Å². The number of fused-ring (bicyclic) bond motifs is 2. The third kappa shape index (κ3) is 5.69. The summed E-state index contributed by atoms with van der Waals surface area (Å²) in [7, 11) is -9.09. The van der Waals surface area contributed by atoms with Crippen molar-refractivity contribution in [2.45, 2.75) is 9.79 Å². The summed E-state index contributed by atoms with van der Waals surface area (Å²) in [6, 6.07) is 28.5. The van der Waals surface area contributed by atoms with E-state index in [0.717, 1.165) is 48.5 Å². The van der Waals surface area contributed by atoms with Gasteiger partial charge in [-0.05, 0) is 57.9 Å². The van der Waals surface area contributed by atoms with E-state index in [0.29, 0.717) is 21.5 Å². The molecule has 6 aromatic rings. The Labute approximate surface area is 261 Å². The molecule has 0 aliphatic heterocycles. The van der Waals surface area contributed by atoms with Crippen molar-refractivity contribution in [2.24, 2.45) is 0 Å². The van der Waals surface area contributed by atoms with E-state index in [9.17, 15) is 37.1 Å². The fourth-order valence-electron chi connectivity index (χ4n) is 4.96.